The number of benzene rings is 2. The SMILES string of the molecule is COc1cc(CNC2CCCCCCC2)cc(Br)c1OCc1ccc(F)cc1. The Morgan fingerprint density at radius 1 is 1.00 bits per heavy atom. The lowest BCUT2D eigenvalue weighted by molar-refractivity contribution is 0.282. The van der Waals surface area contributed by atoms with E-state index >= 15 is 0 Å². The second kappa shape index (κ2) is 10.8. The second-order valence-electron chi connectivity index (χ2n) is 7.45. The number of hydrogen-bond donors (Lipinski definition) is 1. The molecule has 2 aromatic carbocycles. The van der Waals surface area contributed by atoms with Crippen molar-refractivity contribution in [3.63, 3.8) is 0 Å². The van der Waals surface area contributed by atoms with Crippen molar-refractivity contribution in [1.29, 1.82) is 0 Å². The lowest BCUT2D eigenvalue weighted by Gasteiger charge is -2.21. The maximum Gasteiger partial charge on any atom is 0.175 e. The zero-order valence-electron chi connectivity index (χ0n) is 16.5. The Morgan fingerprint density at radius 3 is 2.36 bits per heavy atom. The van der Waals surface area contributed by atoms with E-state index < -0.39 is 0 Å². The van der Waals surface area contributed by atoms with Crippen molar-refractivity contribution >= 4 is 15.9 Å². The molecular formula is C23H29BrFNO2. The Bertz CT molecular complexity index is 743. The molecule has 0 aliphatic heterocycles. The van der Waals surface area contributed by atoms with Crippen molar-refractivity contribution in [3.8, 4) is 11.5 Å². The molecule has 0 aromatic heterocycles. The number of rotatable bonds is 7. The molecule has 0 spiro atoms. The third-order valence-electron chi connectivity index (χ3n) is 5.29. The molecule has 152 valence electrons. The van der Waals surface area contributed by atoms with Crippen molar-refractivity contribution in [1.82, 2.24) is 5.32 Å². The van der Waals surface area contributed by atoms with Gasteiger partial charge in [0.25, 0.3) is 0 Å². The van der Waals surface area contributed by atoms with Crippen LogP contribution in [0, 0.1) is 5.82 Å². The van der Waals surface area contributed by atoms with Crippen LogP contribution in [-0.2, 0) is 13.2 Å². The number of halogens is 2. The fourth-order valence-electron chi connectivity index (χ4n) is 3.67. The van der Waals surface area contributed by atoms with Gasteiger partial charge in [0.1, 0.15) is 12.4 Å². The first-order valence-corrected chi connectivity index (χ1v) is 10.9. The van der Waals surface area contributed by atoms with Gasteiger partial charge in [0.15, 0.2) is 11.5 Å². The molecule has 0 amide bonds. The highest BCUT2D eigenvalue weighted by molar-refractivity contribution is 9.10. The summed E-state index contributed by atoms with van der Waals surface area (Å²) in [6.07, 6.45) is 9.27. The Labute approximate surface area is 175 Å². The van der Waals surface area contributed by atoms with Gasteiger partial charge in [0.05, 0.1) is 11.6 Å². The summed E-state index contributed by atoms with van der Waals surface area (Å²) in [7, 11) is 1.65. The minimum absolute atomic E-state index is 0.247. The summed E-state index contributed by atoms with van der Waals surface area (Å²) in [4.78, 5) is 0. The van der Waals surface area contributed by atoms with E-state index in [4.69, 9.17) is 9.47 Å². The van der Waals surface area contributed by atoms with Crippen LogP contribution >= 0.6 is 15.9 Å². The van der Waals surface area contributed by atoms with Crippen molar-refractivity contribution < 1.29 is 13.9 Å². The number of hydrogen-bond acceptors (Lipinski definition) is 3. The lowest BCUT2D eigenvalue weighted by atomic mass is 9.96. The van der Waals surface area contributed by atoms with Crippen molar-refractivity contribution in [2.75, 3.05) is 7.11 Å². The Balaban J connectivity index is 1.62. The number of methoxy groups -OCH3 is 1. The normalized spacial score (nSPS) is 15.7. The van der Waals surface area contributed by atoms with Crippen LogP contribution in [-0.4, -0.2) is 13.2 Å². The summed E-state index contributed by atoms with van der Waals surface area (Å²) in [5.74, 6) is 1.12. The van der Waals surface area contributed by atoms with Crippen LogP contribution < -0.4 is 14.8 Å². The van der Waals surface area contributed by atoms with Gasteiger partial charge >= 0.3 is 0 Å². The highest BCUT2D eigenvalue weighted by Crippen LogP contribution is 2.37. The van der Waals surface area contributed by atoms with Gasteiger partial charge < -0.3 is 14.8 Å². The molecule has 0 bridgehead atoms. The number of ether oxygens (including phenoxy) is 2. The molecular weight excluding hydrogens is 421 g/mol. The molecule has 28 heavy (non-hydrogen) atoms. The van der Waals surface area contributed by atoms with Crippen molar-refractivity contribution in [2.45, 2.75) is 64.1 Å². The van der Waals surface area contributed by atoms with E-state index in [0.717, 1.165) is 16.6 Å². The summed E-state index contributed by atoms with van der Waals surface area (Å²) < 4.78 is 25.4. The molecule has 0 unspecified atom stereocenters. The highest BCUT2D eigenvalue weighted by atomic mass is 79.9. The van der Waals surface area contributed by atoms with Gasteiger partial charge in [-0.3, -0.25) is 0 Å². The van der Waals surface area contributed by atoms with Crippen molar-refractivity contribution in [2.24, 2.45) is 0 Å². The molecule has 1 fully saturated rings. The van der Waals surface area contributed by atoms with Gasteiger partial charge in [-0.05, 0) is 64.2 Å². The molecule has 1 saturated carbocycles. The van der Waals surface area contributed by atoms with Gasteiger partial charge in [0, 0.05) is 12.6 Å². The van der Waals surface area contributed by atoms with Crippen LogP contribution in [0.4, 0.5) is 4.39 Å². The van der Waals surface area contributed by atoms with E-state index in [2.05, 4.69) is 27.3 Å². The first-order chi connectivity index (χ1) is 13.7. The first kappa shape index (κ1) is 21.1. The summed E-state index contributed by atoms with van der Waals surface area (Å²) >= 11 is 3.62. The van der Waals surface area contributed by atoms with Crippen LogP contribution in [0.1, 0.15) is 56.1 Å². The molecule has 3 rings (SSSR count). The van der Waals surface area contributed by atoms with E-state index in [-0.39, 0.29) is 5.82 Å². The molecule has 0 heterocycles. The summed E-state index contributed by atoms with van der Waals surface area (Å²) in [5, 5.41) is 3.71. The van der Waals surface area contributed by atoms with E-state index in [1.165, 1.54) is 62.6 Å². The lowest BCUT2D eigenvalue weighted by Crippen LogP contribution is -2.29. The predicted molar refractivity (Wildman–Crippen MR) is 114 cm³/mol. The number of nitrogens with one attached hydrogen (secondary N) is 1. The minimum atomic E-state index is -0.247. The minimum Gasteiger partial charge on any atom is -0.493 e. The fourth-order valence-corrected chi connectivity index (χ4v) is 4.28. The van der Waals surface area contributed by atoms with Gasteiger partial charge in [-0.25, -0.2) is 4.39 Å². The van der Waals surface area contributed by atoms with Gasteiger partial charge in [0.2, 0.25) is 0 Å². The maximum absolute atomic E-state index is 13.1. The highest BCUT2D eigenvalue weighted by Gasteiger charge is 2.14. The molecule has 1 aliphatic carbocycles. The monoisotopic (exact) mass is 449 g/mol. The molecule has 1 N–H and O–H groups in total. The topological polar surface area (TPSA) is 30.5 Å². The summed E-state index contributed by atoms with van der Waals surface area (Å²) in [6, 6.07) is 11.0. The molecule has 0 atom stereocenters. The Hall–Kier alpha value is -1.59. The van der Waals surface area contributed by atoms with E-state index in [1.807, 2.05) is 6.07 Å². The van der Waals surface area contributed by atoms with Gasteiger partial charge in [-0.2, -0.15) is 0 Å². The molecule has 0 radical (unpaired) electrons. The smallest absolute Gasteiger partial charge is 0.175 e. The van der Waals surface area contributed by atoms with E-state index in [9.17, 15) is 4.39 Å². The van der Waals surface area contributed by atoms with Gasteiger partial charge in [-0.15, -0.1) is 0 Å². The van der Waals surface area contributed by atoms with Crippen molar-refractivity contribution in [3.05, 3.63) is 57.8 Å². The molecule has 1 aliphatic rings. The van der Waals surface area contributed by atoms with Crippen LogP contribution in [0.5, 0.6) is 11.5 Å². The Kier molecular flexibility index (Phi) is 8.16. The fraction of sp³-hybridized carbons (Fsp3) is 0.478. The average Bonchev–Trinajstić information content (AvgIpc) is 2.67. The third kappa shape index (κ3) is 6.21. The summed E-state index contributed by atoms with van der Waals surface area (Å²) in [5.41, 5.74) is 2.07. The molecule has 0 saturated heterocycles. The van der Waals surface area contributed by atoms with Crippen LogP contribution in [0.25, 0.3) is 0 Å². The molecule has 5 heteroatoms. The predicted octanol–water partition coefficient (Wildman–Crippen LogP) is 6.38. The van der Waals surface area contributed by atoms with Crippen LogP contribution in [0.3, 0.4) is 0 Å². The zero-order chi connectivity index (χ0) is 19.8. The van der Waals surface area contributed by atoms with Gasteiger partial charge in [-0.1, -0.05) is 44.2 Å². The molecule has 2 aromatic rings. The first-order valence-electron chi connectivity index (χ1n) is 10.1. The average molecular weight is 450 g/mol. The molecule has 3 nitrogen and oxygen atoms in total. The Morgan fingerprint density at radius 2 is 1.68 bits per heavy atom. The van der Waals surface area contributed by atoms with Crippen LogP contribution in [0.2, 0.25) is 0 Å². The maximum atomic E-state index is 13.1. The van der Waals surface area contributed by atoms with E-state index in [0.29, 0.717) is 24.1 Å². The largest absolute Gasteiger partial charge is 0.493 e. The van der Waals surface area contributed by atoms with Crippen LogP contribution in [0.15, 0.2) is 40.9 Å². The summed E-state index contributed by atoms with van der Waals surface area (Å²) in [6.45, 7) is 1.17. The van der Waals surface area contributed by atoms with E-state index in [1.54, 1.807) is 19.2 Å². The third-order valence-corrected chi connectivity index (χ3v) is 5.87. The quantitative estimate of drug-likeness (QED) is 0.531. The second-order valence-corrected chi connectivity index (χ2v) is 8.30. The standard InChI is InChI=1S/C23H29BrFNO2/c1-27-22-14-18(15-26-20-7-5-3-2-4-6-8-20)13-21(24)23(22)28-16-17-9-11-19(25)12-10-17/h9-14,20,26H,2-8,15-16H2,1H3. The zero-order valence-corrected chi connectivity index (χ0v) is 18.1.